The van der Waals surface area contributed by atoms with Crippen LogP contribution in [0.5, 0.6) is 0 Å². The molecule has 0 spiro atoms. The average Bonchev–Trinajstić information content (AvgIpc) is 2.29. The van der Waals surface area contributed by atoms with Crippen LogP contribution in [0.25, 0.3) is 0 Å². The first-order chi connectivity index (χ1) is 8.09. The maximum absolute atomic E-state index is 13.6. The van der Waals surface area contributed by atoms with Crippen molar-refractivity contribution in [2.75, 3.05) is 0 Å². The Morgan fingerprint density at radius 1 is 1.12 bits per heavy atom. The molecule has 0 N–H and O–H groups in total. The highest BCUT2D eigenvalue weighted by Crippen LogP contribution is 2.16. The minimum absolute atomic E-state index is 0.138. The molecule has 0 aliphatic carbocycles. The van der Waals surface area contributed by atoms with Crippen molar-refractivity contribution >= 4 is 5.78 Å². The fourth-order valence-corrected chi connectivity index (χ4v) is 1.51. The van der Waals surface area contributed by atoms with Crippen LogP contribution < -0.4 is 0 Å². The van der Waals surface area contributed by atoms with Gasteiger partial charge in [0.05, 0.1) is 17.3 Å². The van der Waals surface area contributed by atoms with Crippen molar-refractivity contribution in [2.24, 2.45) is 0 Å². The summed E-state index contributed by atoms with van der Waals surface area (Å²) in [6.45, 7) is 1.71. The van der Waals surface area contributed by atoms with Gasteiger partial charge in [-0.15, -0.1) is 0 Å². The molecule has 0 radical (unpaired) electrons. The number of carbonyl (C=O) groups is 1. The topological polar surface area (TPSA) is 30.0 Å². The van der Waals surface area contributed by atoms with E-state index in [0.29, 0.717) is 5.56 Å². The maximum atomic E-state index is 13.6. The Morgan fingerprint density at radius 3 is 2.47 bits per heavy atom. The van der Waals surface area contributed by atoms with Gasteiger partial charge < -0.3 is 0 Å². The third-order valence-corrected chi connectivity index (χ3v) is 2.39. The molecule has 1 aromatic heterocycles. The normalized spacial score (nSPS) is 10.3. The largest absolute Gasteiger partial charge is 0.288 e. The van der Waals surface area contributed by atoms with Crippen LogP contribution in [-0.4, -0.2) is 10.8 Å². The smallest absolute Gasteiger partial charge is 0.199 e. The van der Waals surface area contributed by atoms with Crippen molar-refractivity contribution in [1.29, 1.82) is 0 Å². The van der Waals surface area contributed by atoms with Crippen LogP contribution in [0.4, 0.5) is 8.78 Å². The summed E-state index contributed by atoms with van der Waals surface area (Å²) in [7, 11) is 0. The van der Waals surface area contributed by atoms with Crippen LogP contribution in [0.3, 0.4) is 0 Å². The third-order valence-electron chi connectivity index (χ3n) is 2.39. The number of benzene rings is 1. The lowest BCUT2D eigenvalue weighted by molar-refractivity contribution is 0.103. The number of carbonyl (C=O) groups excluding carboxylic acids is 1. The highest BCUT2D eigenvalue weighted by molar-refractivity contribution is 6.09. The van der Waals surface area contributed by atoms with Crippen LogP contribution in [0.1, 0.15) is 21.5 Å². The van der Waals surface area contributed by atoms with Crippen molar-refractivity contribution in [3.63, 3.8) is 0 Å². The molecule has 1 aromatic carbocycles. The lowest BCUT2D eigenvalue weighted by atomic mass is 10.0. The number of pyridine rings is 1. The van der Waals surface area contributed by atoms with E-state index in [-0.39, 0.29) is 11.1 Å². The number of aryl methyl sites for hydroxylation is 1. The van der Waals surface area contributed by atoms with Gasteiger partial charge in [-0.05, 0) is 30.7 Å². The van der Waals surface area contributed by atoms with E-state index in [1.165, 1.54) is 24.4 Å². The Balaban J connectivity index is 2.48. The summed E-state index contributed by atoms with van der Waals surface area (Å²) in [6.07, 6.45) is 2.22. The lowest BCUT2D eigenvalue weighted by Crippen LogP contribution is -2.07. The first-order valence-corrected chi connectivity index (χ1v) is 5.00. The fraction of sp³-hybridized carbons (Fsp3) is 0.0769. The Morgan fingerprint density at radius 2 is 1.82 bits per heavy atom. The SMILES string of the molecule is Cc1ccc(C(=O)c2ccncc2F)c(F)c1. The van der Waals surface area contributed by atoms with E-state index < -0.39 is 17.4 Å². The van der Waals surface area contributed by atoms with Gasteiger partial charge in [0, 0.05) is 6.20 Å². The van der Waals surface area contributed by atoms with Gasteiger partial charge in [-0.3, -0.25) is 9.78 Å². The van der Waals surface area contributed by atoms with Gasteiger partial charge in [0.25, 0.3) is 0 Å². The number of hydrogen-bond acceptors (Lipinski definition) is 2. The molecule has 0 bridgehead atoms. The minimum atomic E-state index is -0.752. The van der Waals surface area contributed by atoms with Crippen molar-refractivity contribution in [3.05, 3.63) is 65.0 Å². The first kappa shape index (κ1) is 11.4. The molecule has 0 unspecified atom stereocenters. The van der Waals surface area contributed by atoms with E-state index in [2.05, 4.69) is 4.98 Å². The third kappa shape index (κ3) is 2.20. The van der Waals surface area contributed by atoms with Crippen molar-refractivity contribution < 1.29 is 13.6 Å². The van der Waals surface area contributed by atoms with E-state index in [1.807, 2.05) is 0 Å². The molecule has 2 nitrogen and oxygen atoms in total. The second kappa shape index (κ2) is 4.41. The molecule has 17 heavy (non-hydrogen) atoms. The summed E-state index contributed by atoms with van der Waals surface area (Å²) >= 11 is 0. The summed E-state index contributed by atoms with van der Waals surface area (Å²) in [5, 5.41) is 0. The van der Waals surface area contributed by atoms with Crippen LogP contribution in [0.15, 0.2) is 36.7 Å². The van der Waals surface area contributed by atoms with Gasteiger partial charge in [-0.25, -0.2) is 8.78 Å². The van der Waals surface area contributed by atoms with Crippen LogP contribution in [-0.2, 0) is 0 Å². The summed E-state index contributed by atoms with van der Waals surface area (Å²) in [6, 6.07) is 5.44. The monoisotopic (exact) mass is 233 g/mol. The molecule has 0 atom stereocenters. The number of aromatic nitrogens is 1. The molecule has 2 aromatic rings. The maximum Gasteiger partial charge on any atom is 0.199 e. The quantitative estimate of drug-likeness (QED) is 0.746. The zero-order valence-corrected chi connectivity index (χ0v) is 9.08. The van der Waals surface area contributed by atoms with Crippen molar-refractivity contribution in [3.8, 4) is 0 Å². The number of nitrogens with zero attached hydrogens (tertiary/aromatic N) is 1. The molecular weight excluding hydrogens is 224 g/mol. The highest BCUT2D eigenvalue weighted by atomic mass is 19.1. The van der Waals surface area contributed by atoms with E-state index in [1.54, 1.807) is 13.0 Å². The number of hydrogen-bond donors (Lipinski definition) is 0. The molecule has 0 amide bonds. The molecular formula is C13H9F2NO. The lowest BCUT2D eigenvalue weighted by Gasteiger charge is -2.04. The van der Waals surface area contributed by atoms with Crippen LogP contribution in [0, 0.1) is 18.6 Å². The molecule has 0 aliphatic heterocycles. The predicted octanol–water partition coefficient (Wildman–Crippen LogP) is 2.90. The van der Waals surface area contributed by atoms with Crippen LogP contribution >= 0.6 is 0 Å². The van der Waals surface area contributed by atoms with Gasteiger partial charge in [0.15, 0.2) is 11.6 Å². The van der Waals surface area contributed by atoms with Crippen molar-refractivity contribution in [1.82, 2.24) is 4.98 Å². The highest BCUT2D eigenvalue weighted by Gasteiger charge is 2.17. The number of rotatable bonds is 2. The van der Waals surface area contributed by atoms with Gasteiger partial charge in [0.1, 0.15) is 5.82 Å². The Bertz CT molecular complexity index is 581. The molecule has 0 saturated carbocycles. The van der Waals surface area contributed by atoms with E-state index >= 15 is 0 Å². The Labute approximate surface area is 96.9 Å². The number of ketones is 1. The van der Waals surface area contributed by atoms with Crippen molar-refractivity contribution in [2.45, 2.75) is 6.92 Å². The summed E-state index contributed by atoms with van der Waals surface area (Å²) < 4.78 is 26.9. The molecule has 0 aliphatic rings. The summed E-state index contributed by atoms with van der Waals surface area (Å²) in [5.74, 6) is -2.08. The van der Waals surface area contributed by atoms with E-state index in [9.17, 15) is 13.6 Å². The minimum Gasteiger partial charge on any atom is -0.288 e. The van der Waals surface area contributed by atoms with Gasteiger partial charge in [-0.2, -0.15) is 0 Å². The van der Waals surface area contributed by atoms with Gasteiger partial charge >= 0.3 is 0 Å². The zero-order chi connectivity index (χ0) is 12.4. The van der Waals surface area contributed by atoms with Gasteiger partial charge in [0.2, 0.25) is 0 Å². The Kier molecular flexibility index (Phi) is 2.95. The average molecular weight is 233 g/mol. The molecule has 0 fully saturated rings. The molecule has 0 saturated heterocycles. The second-order valence-corrected chi connectivity index (χ2v) is 3.67. The first-order valence-electron chi connectivity index (χ1n) is 5.00. The molecule has 86 valence electrons. The molecule has 1 heterocycles. The van der Waals surface area contributed by atoms with E-state index in [0.717, 1.165) is 6.20 Å². The molecule has 2 rings (SSSR count). The second-order valence-electron chi connectivity index (χ2n) is 3.67. The van der Waals surface area contributed by atoms with Gasteiger partial charge in [-0.1, -0.05) is 6.07 Å². The summed E-state index contributed by atoms with van der Waals surface area (Å²) in [5.41, 5.74) is 0.387. The zero-order valence-electron chi connectivity index (χ0n) is 9.08. The van der Waals surface area contributed by atoms with E-state index in [4.69, 9.17) is 0 Å². The predicted molar refractivity (Wildman–Crippen MR) is 58.8 cm³/mol. The number of halogens is 2. The Hall–Kier alpha value is -2.10. The standard InChI is InChI=1S/C13H9F2NO/c1-8-2-3-9(11(14)6-8)13(17)10-4-5-16-7-12(10)15/h2-7H,1H3. The summed E-state index contributed by atoms with van der Waals surface area (Å²) in [4.78, 5) is 15.4. The molecule has 4 heteroatoms. The van der Waals surface area contributed by atoms with Crippen LogP contribution in [0.2, 0.25) is 0 Å². The fourth-order valence-electron chi connectivity index (χ4n) is 1.51.